The molecule has 1 atom stereocenters. The summed E-state index contributed by atoms with van der Waals surface area (Å²) in [6.07, 6.45) is -0.774. The van der Waals surface area contributed by atoms with E-state index in [0.717, 1.165) is 4.90 Å². The average molecular weight is 178 g/mol. The Hall–Kier alpha value is -0.770. The van der Waals surface area contributed by atoms with Crippen molar-refractivity contribution >= 4 is 23.5 Å². The standard InChI is InChI=1S/C6H8ClNO3/c7-4-3-8(6(10)11)2-1-5(4)9/h4H,1-3H2,(H,10,11). The van der Waals surface area contributed by atoms with Crippen LogP contribution in [0.3, 0.4) is 0 Å². The van der Waals surface area contributed by atoms with Crippen molar-refractivity contribution in [2.24, 2.45) is 0 Å². The third-order valence-electron chi connectivity index (χ3n) is 1.63. The van der Waals surface area contributed by atoms with Crippen LogP contribution in [0, 0.1) is 0 Å². The highest BCUT2D eigenvalue weighted by molar-refractivity contribution is 6.31. The molecule has 1 aliphatic rings. The lowest BCUT2D eigenvalue weighted by atomic mass is 10.1. The maximum atomic E-state index is 10.8. The second-order valence-corrected chi connectivity index (χ2v) is 2.94. The number of carbonyl (C=O) groups is 2. The van der Waals surface area contributed by atoms with Crippen molar-refractivity contribution in [3.63, 3.8) is 0 Å². The van der Waals surface area contributed by atoms with Gasteiger partial charge in [0.1, 0.15) is 5.38 Å². The van der Waals surface area contributed by atoms with Gasteiger partial charge in [0.2, 0.25) is 0 Å². The third kappa shape index (κ3) is 1.83. The van der Waals surface area contributed by atoms with Crippen LogP contribution in [0.5, 0.6) is 0 Å². The molecule has 0 radical (unpaired) electrons. The quantitative estimate of drug-likeness (QED) is 0.550. The first-order valence-corrected chi connectivity index (χ1v) is 3.69. The van der Waals surface area contributed by atoms with Gasteiger partial charge >= 0.3 is 6.09 Å². The molecule has 1 amide bonds. The van der Waals surface area contributed by atoms with Crippen molar-refractivity contribution in [1.82, 2.24) is 4.90 Å². The van der Waals surface area contributed by atoms with Gasteiger partial charge in [0, 0.05) is 19.5 Å². The molecule has 1 unspecified atom stereocenters. The smallest absolute Gasteiger partial charge is 0.407 e. The number of hydrogen-bond acceptors (Lipinski definition) is 2. The first-order valence-electron chi connectivity index (χ1n) is 3.26. The van der Waals surface area contributed by atoms with E-state index >= 15 is 0 Å². The molecule has 4 nitrogen and oxygen atoms in total. The van der Waals surface area contributed by atoms with Gasteiger partial charge in [-0.15, -0.1) is 11.6 Å². The maximum Gasteiger partial charge on any atom is 0.407 e. The van der Waals surface area contributed by atoms with E-state index in [9.17, 15) is 9.59 Å². The normalized spacial score (nSPS) is 25.4. The Morgan fingerprint density at radius 3 is 2.82 bits per heavy atom. The predicted molar refractivity (Wildman–Crippen MR) is 38.9 cm³/mol. The van der Waals surface area contributed by atoms with Crippen molar-refractivity contribution < 1.29 is 14.7 Å². The Balaban J connectivity index is 2.52. The van der Waals surface area contributed by atoms with Gasteiger partial charge in [-0.2, -0.15) is 0 Å². The van der Waals surface area contributed by atoms with Gasteiger partial charge in [-0.3, -0.25) is 4.79 Å². The molecule has 5 heteroatoms. The number of carbonyl (C=O) groups excluding carboxylic acids is 1. The van der Waals surface area contributed by atoms with Gasteiger partial charge in [-0.25, -0.2) is 4.79 Å². The summed E-state index contributed by atoms with van der Waals surface area (Å²) in [5.41, 5.74) is 0. The van der Waals surface area contributed by atoms with Crippen LogP contribution in [0.25, 0.3) is 0 Å². The highest BCUT2D eigenvalue weighted by Gasteiger charge is 2.27. The minimum atomic E-state index is -1.01. The average Bonchev–Trinajstić information content (AvgIpc) is 1.94. The Kier molecular flexibility index (Phi) is 2.34. The van der Waals surface area contributed by atoms with Crippen LogP contribution in [0.4, 0.5) is 4.79 Å². The summed E-state index contributed by atoms with van der Waals surface area (Å²) >= 11 is 5.55. The van der Waals surface area contributed by atoms with E-state index in [0.29, 0.717) is 0 Å². The molecule has 0 aromatic carbocycles. The number of hydrogen-bond donors (Lipinski definition) is 1. The largest absolute Gasteiger partial charge is 0.465 e. The fourth-order valence-corrected chi connectivity index (χ4v) is 1.24. The lowest BCUT2D eigenvalue weighted by Crippen LogP contribution is -2.44. The van der Waals surface area contributed by atoms with Gasteiger partial charge < -0.3 is 10.0 Å². The molecular weight excluding hydrogens is 170 g/mol. The summed E-state index contributed by atoms with van der Waals surface area (Å²) in [7, 11) is 0. The number of Topliss-reactive ketones (excluding diaryl/α,β-unsaturated/α-hetero) is 1. The molecule has 0 aliphatic carbocycles. The van der Waals surface area contributed by atoms with Crippen molar-refractivity contribution in [2.75, 3.05) is 13.1 Å². The number of alkyl halides is 1. The van der Waals surface area contributed by atoms with Gasteiger partial charge in [0.15, 0.2) is 5.78 Å². The third-order valence-corrected chi connectivity index (χ3v) is 2.01. The second kappa shape index (κ2) is 3.09. The Labute approximate surface area is 68.7 Å². The number of carboxylic acid groups (broad SMARTS) is 1. The molecule has 0 saturated carbocycles. The number of amides is 1. The summed E-state index contributed by atoms with van der Waals surface area (Å²) < 4.78 is 0. The number of piperidine rings is 1. The Morgan fingerprint density at radius 2 is 2.36 bits per heavy atom. The van der Waals surface area contributed by atoms with E-state index in [1.807, 2.05) is 0 Å². The van der Waals surface area contributed by atoms with E-state index in [2.05, 4.69) is 0 Å². The number of rotatable bonds is 0. The molecule has 1 heterocycles. The fourth-order valence-electron chi connectivity index (χ4n) is 0.962. The second-order valence-electron chi connectivity index (χ2n) is 2.41. The predicted octanol–water partition coefficient (Wildman–Crippen LogP) is 0.547. The van der Waals surface area contributed by atoms with E-state index in [-0.39, 0.29) is 25.3 Å². The molecule has 62 valence electrons. The van der Waals surface area contributed by atoms with Crippen LogP contribution in [-0.2, 0) is 4.79 Å². The molecular formula is C6H8ClNO3. The zero-order valence-electron chi connectivity index (χ0n) is 5.79. The minimum Gasteiger partial charge on any atom is -0.465 e. The summed E-state index contributed by atoms with van der Waals surface area (Å²) in [4.78, 5) is 22.3. The summed E-state index contributed by atoms with van der Waals surface area (Å²) in [6.45, 7) is 0.396. The van der Waals surface area contributed by atoms with E-state index in [1.165, 1.54) is 0 Å². The van der Waals surface area contributed by atoms with E-state index in [4.69, 9.17) is 16.7 Å². The lowest BCUT2D eigenvalue weighted by Gasteiger charge is -2.25. The van der Waals surface area contributed by atoms with Crippen molar-refractivity contribution in [3.8, 4) is 0 Å². The number of ketones is 1. The van der Waals surface area contributed by atoms with Crippen molar-refractivity contribution in [2.45, 2.75) is 11.8 Å². The van der Waals surface area contributed by atoms with Crippen LogP contribution in [0.1, 0.15) is 6.42 Å². The molecule has 0 bridgehead atoms. The number of halogens is 1. The molecule has 0 aromatic rings. The Morgan fingerprint density at radius 1 is 1.73 bits per heavy atom. The molecule has 1 N–H and O–H groups in total. The van der Waals surface area contributed by atoms with E-state index in [1.54, 1.807) is 0 Å². The van der Waals surface area contributed by atoms with E-state index < -0.39 is 11.5 Å². The summed E-state index contributed by atoms with van der Waals surface area (Å²) in [6, 6.07) is 0. The zero-order chi connectivity index (χ0) is 8.43. The first kappa shape index (κ1) is 8.33. The van der Waals surface area contributed by atoms with Crippen molar-refractivity contribution in [1.29, 1.82) is 0 Å². The molecule has 11 heavy (non-hydrogen) atoms. The van der Waals surface area contributed by atoms with Crippen LogP contribution in [0.2, 0.25) is 0 Å². The Bertz CT molecular complexity index is 194. The number of nitrogens with zero attached hydrogens (tertiary/aromatic N) is 1. The summed E-state index contributed by atoms with van der Waals surface area (Å²) in [5, 5.41) is 7.85. The molecule has 1 rings (SSSR count). The van der Waals surface area contributed by atoms with Gasteiger partial charge in [0.05, 0.1) is 0 Å². The van der Waals surface area contributed by atoms with Gasteiger partial charge in [0.25, 0.3) is 0 Å². The van der Waals surface area contributed by atoms with Gasteiger partial charge in [-0.05, 0) is 0 Å². The van der Waals surface area contributed by atoms with Gasteiger partial charge in [-0.1, -0.05) is 0 Å². The molecule has 1 aliphatic heterocycles. The minimum absolute atomic E-state index is 0.0656. The number of likely N-dealkylation sites (tertiary alicyclic amines) is 1. The maximum absolute atomic E-state index is 10.8. The fraction of sp³-hybridized carbons (Fsp3) is 0.667. The van der Waals surface area contributed by atoms with Crippen molar-refractivity contribution in [3.05, 3.63) is 0 Å². The van der Waals surface area contributed by atoms with Crippen LogP contribution in [-0.4, -0.2) is 40.3 Å². The summed E-state index contributed by atoms with van der Waals surface area (Å²) in [5.74, 6) is -0.0656. The highest BCUT2D eigenvalue weighted by Crippen LogP contribution is 2.11. The first-order chi connectivity index (χ1) is 5.11. The molecule has 1 fully saturated rings. The topological polar surface area (TPSA) is 57.6 Å². The molecule has 0 aromatic heterocycles. The molecule has 0 spiro atoms. The SMILES string of the molecule is O=C1CCN(C(=O)O)CC1Cl. The highest BCUT2D eigenvalue weighted by atomic mass is 35.5. The monoisotopic (exact) mass is 177 g/mol. The van der Waals surface area contributed by atoms with Crippen LogP contribution in [0.15, 0.2) is 0 Å². The van der Waals surface area contributed by atoms with Crippen LogP contribution < -0.4 is 0 Å². The lowest BCUT2D eigenvalue weighted by molar-refractivity contribution is -0.120. The zero-order valence-corrected chi connectivity index (χ0v) is 6.54. The molecule has 1 saturated heterocycles. The van der Waals surface area contributed by atoms with Crippen LogP contribution >= 0.6 is 11.6 Å².